The highest BCUT2D eigenvalue weighted by atomic mass is 16.4. The minimum absolute atomic E-state index is 0.0967. The summed E-state index contributed by atoms with van der Waals surface area (Å²) in [5.74, 6) is -0.569. The van der Waals surface area contributed by atoms with Crippen molar-refractivity contribution in [1.29, 1.82) is 0 Å². The van der Waals surface area contributed by atoms with Gasteiger partial charge in [0.25, 0.3) is 0 Å². The molecule has 2 aliphatic rings. The first kappa shape index (κ1) is 13.3. The molecule has 0 spiro atoms. The minimum atomic E-state index is -0.714. The topological polar surface area (TPSA) is 60.9 Å². The summed E-state index contributed by atoms with van der Waals surface area (Å²) >= 11 is 0. The highest BCUT2D eigenvalue weighted by molar-refractivity contribution is 5.84. The molecule has 2 heterocycles. The van der Waals surface area contributed by atoms with E-state index >= 15 is 0 Å². The number of carbonyl (C=O) groups excluding carboxylic acids is 1. The predicted molar refractivity (Wildman–Crippen MR) is 67.2 cm³/mol. The normalized spacial score (nSPS) is 34.0. The molecule has 2 unspecified atom stereocenters. The van der Waals surface area contributed by atoms with Crippen molar-refractivity contribution < 1.29 is 14.7 Å². The van der Waals surface area contributed by atoms with E-state index in [0.29, 0.717) is 13.0 Å². The number of rotatable bonds is 3. The average Bonchev–Trinajstić information content (AvgIpc) is 2.70. The average molecular weight is 254 g/mol. The lowest BCUT2D eigenvalue weighted by atomic mass is 9.77. The Bertz CT molecular complexity index is 358. The molecule has 0 aromatic rings. The molecule has 0 aromatic carbocycles. The highest BCUT2D eigenvalue weighted by Crippen LogP contribution is 2.35. The maximum atomic E-state index is 12.0. The van der Waals surface area contributed by atoms with Crippen LogP contribution in [-0.4, -0.2) is 59.5 Å². The smallest absolute Gasteiger partial charge is 0.310 e. The molecule has 2 saturated heterocycles. The maximum Gasteiger partial charge on any atom is 0.310 e. The second-order valence-electron chi connectivity index (χ2n) is 5.58. The van der Waals surface area contributed by atoms with Crippen LogP contribution >= 0.6 is 0 Å². The Labute approximate surface area is 108 Å². The van der Waals surface area contributed by atoms with E-state index in [9.17, 15) is 14.7 Å². The lowest BCUT2D eigenvalue weighted by Gasteiger charge is -2.41. The van der Waals surface area contributed by atoms with Crippen molar-refractivity contribution in [2.24, 2.45) is 5.41 Å². The number of hydrogen-bond donors (Lipinski definition) is 1. The van der Waals surface area contributed by atoms with E-state index in [0.717, 1.165) is 32.4 Å². The number of carbonyl (C=O) groups is 2. The van der Waals surface area contributed by atoms with Crippen molar-refractivity contribution in [2.45, 2.75) is 38.6 Å². The van der Waals surface area contributed by atoms with E-state index in [2.05, 4.69) is 4.90 Å². The quantitative estimate of drug-likeness (QED) is 0.809. The summed E-state index contributed by atoms with van der Waals surface area (Å²) in [6, 6.07) is -0.0967. The molecule has 102 valence electrons. The van der Waals surface area contributed by atoms with Crippen molar-refractivity contribution in [3.63, 3.8) is 0 Å². The third-order valence-electron chi connectivity index (χ3n) is 4.58. The van der Waals surface area contributed by atoms with E-state index in [4.69, 9.17) is 0 Å². The number of carboxylic acid groups (broad SMARTS) is 1. The van der Waals surface area contributed by atoms with Gasteiger partial charge in [0, 0.05) is 20.1 Å². The molecule has 18 heavy (non-hydrogen) atoms. The van der Waals surface area contributed by atoms with Crippen LogP contribution in [0.5, 0.6) is 0 Å². The molecule has 2 aliphatic heterocycles. The van der Waals surface area contributed by atoms with Gasteiger partial charge in [-0.3, -0.25) is 14.5 Å². The first-order valence-corrected chi connectivity index (χ1v) is 6.72. The molecule has 5 heteroatoms. The van der Waals surface area contributed by atoms with Gasteiger partial charge < -0.3 is 10.0 Å². The second kappa shape index (κ2) is 4.88. The Kier molecular flexibility index (Phi) is 3.61. The molecule has 0 bridgehead atoms. The van der Waals surface area contributed by atoms with Gasteiger partial charge in [0.15, 0.2) is 0 Å². The van der Waals surface area contributed by atoms with E-state index in [1.165, 1.54) is 0 Å². The van der Waals surface area contributed by atoms with Gasteiger partial charge in [0.05, 0.1) is 11.5 Å². The molecule has 2 rings (SSSR count). The molecule has 2 atom stereocenters. The number of amides is 1. The molecular formula is C13H22N2O3. The zero-order chi connectivity index (χ0) is 13.3. The molecule has 1 amide bonds. The van der Waals surface area contributed by atoms with Gasteiger partial charge >= 0.3 is 5.97 Å². The molecule has 0 aromatic heterocycles. The van der Waals surface area contributed by atoms with Gasteiger partial charge in [-0.15, -0.1) is 0 Å². The van der Waals surface area contributed by atoms with Crippen LogP contribution in [0.15, 0.2) is 0 Å². The van der Waals surface area contributed by atoms with Crippen LogP contribution < -0.4 is 0 Å². The van der Waals surface area contributed by atoms with E-state index in [1.807, 2.05) is 14.0 Å². The first-order valence-electron chi connectivity index (χ1n) is 6.72. The standard InChI is InChI=1S/C13H22N2O3/c1-3-13(12(17)18)6-4-7-15(9-13)10-5-8-14(2)11(10)16/h10H,3-9H2,1-2H3,(H,17,18). The number of hydrogen-bond acceptors (Lipinski definition) is 3. The Morgan fingerprint density at radius 3 is 2.72 bits per heavy atom. The van der Waals surface area contributed by atoms with Gasteiger partial charge in [-0.1, -0.05) is 6.92 Å². The van der Waals surface area contributed by atoms with Crippen LogP contribution in [0.1, 0.15) is 32.6 Å². The SMILES string of the molecule is CCC1(C(=O)O)CCCN(C2CCN(C)C2=O)C1. The second-order valence-corrected chi connectivity index (χ2v) is 5.58. The third-order valence-corrected chi connectivity index (χ3v) is 4.58. The summed E-state index contributed by atoms with van der Waals surface area (Å²) in [6.45, 7) is 4.08. The van der Waals surface area contributed by atoms with Crippen molar-refractivity contribution in [3.05, 3.63) is 0 Å². The Hall–Kier alpha value is -1.10. The van der Waals surface area contributed by atoms with Gasteiger partial charge in [0.2, 0.25) is 5.91 Å². The molecule has 0 saturated carbocycles. The first-order chi connectivity index (χ1) is 8.50. The lowest BCUT2D eigenvalue weighted by molar-refractivity contribution is -0.154. The fourth-order valence-electron chi connectivity index (χ4n) is 3.19. The van der Waals surface area contributed by atoms with Crippen LogP contribution in [0.3, 0.4) is 0 Å². The van der Waals surface area contributed by atoms with Crippen LogP contribution in [0.2, 0.25) is 0 Å². The Morgan fingerprint density at radius 1 is 1.50 bits per heavy atom. The molecular weight excluding hydrogens is 232 g/mol. The van der Waals surface area contributed by atoms with E-state index in [1.54, 1.807) is 4.90 Å². The monoisotopic (exact) mass is 254 g/mol. The van der Waals surface area contributed by atoms with E-state index in [-0.39, 0.29) is 11.9 Å². The summed E-state index contributed by atoms with van der Waals surface area (Å²) in [6.07, 6.45) is 3.06. The zero-order valence-corrected chi connectivity index (χ0v) is 11.2. The van der Waals surface area contributed by atoms with Crippen LogP contribution in [0.25, 0.3) is 0 Å². The maximum absolute atomic E-state index is 12.0. The predicted octanol–water partition coefficient (Wildman–Crippen LogP) is 0.794. The summed E-state index contributed by atoms with van der Waals surface area (Å²) in [5, 5.41) is 9.45. The summed E-state index contributed by atoms with van der Waals surface area (Å²) in [5.41, 5.74) is -0.653. The molecule has 5 nitrogen and oxygen atoms in total. The Balaban J connectivity index is 2.11. The molecule has 0 aliphatic carbocycles. The molecule has 2 fully saturated rings. The number of likely N-dealkylation sites (tertiary alicyclic amines) is 2. The van der Waals surface area contributed by atoms with Crippen molar-refractivity contribution in [2.75, 3.05) is 26.7 Å². The van der Waals surface area contributed by atoms with Gasteiger partial charge in [-0.2, -0.15) is 0 Å². The lowest BCUT2D eigenvalue weighted by Crippen LogP contribution is -2.52. The highest BCUT2D eigenvalue weighted by Gasteiger charge is 2.45. The summed E-state index contributed by atoms with van der Waals surface area (Å²) < 4.78 is 0. The van der Waals surface area contributed by atoms with Crippen LogP contribution in [0, 0.1) is 5.41 Å². The van der Waals surface area contributed by atoms with E-state index < -0.39 is 11.4 Å². The van der Waals surface area contributed by atoms with Crippen molar-refractivity contribution >= 4 is 11.9 Å². The number of piperidine rings is 1. The van der Waals surface area contributed by atoms with Crippen LogP contribution in [-0.2, 0) is 9.59 Å². The third kappa shape index (κ3) is 2.11. The van der Waals surface area contributed by atoms with Crippen molar-refractivity contribution in [1.82, 2.24) is 9.80 Å². The zero-order valence-electron chi connectivity index (χ0n) is 11.2. The molecule has 0 radical (unpaired) electrons. The number of aliphatic carboxylic acids is 1. The van der Waals surface area contributed by atoms with Gasteiger partial charge in [-0.05, 0) is 32.2 Å². The summed E-state index contributed by atoms with van der Waals surface area (Å²) in [7, 11) is 1.82. The minimum Gasteiger partial charge on any atom is -0.481 e. The van der Waals surface area contributed by atoms with Gasteiger partial charge in [0.1, 0.15) is 0 Å². The number of carboxylic acids is 1. The number of nitrogens with zero attached hydrogens (tertiary/aromatic N) is 2. The molecule has 1 N–H and O–H groups in total. The largest absolute Gasteiger partial charge is 0.481 e. The fraction of sp³-hybridized carbons (Fsp3) is 0.846. The number of likely N-dealkylation sites (N-methyl/N-ethyl adjacent to an activating group) is 1. The van der Waals surface area contributed by atoms with Gasteiger partial charge in [-0.25, -0.2) is 0 Å². The fourth-order valence-corrected chi connectivity index (χ4v) is 3.19. The van der Waals surface area contributed by atoms with Crippen molar-refractivity contribution in [3.8, 4) is 0 Å². The Morgan fingerprint density at radius 2 is 2.22 bits per heavy atom. The summed E-state index contributed by atoms with van der Waals surface area (Å²) in [4.78, 5) is 27.3. The van der Waals surface area contributed by atoms with Crippen LogP contribution in [0.4, 0.5) is 0 Å².